The summed E-state index contributed by atoms with van der Waals surface area (Å²) >= 11 is 0. The molecule has 1 aromatic heterocycles. The van der Waals surface area contributed by atoms with Crippen molar-refractivity contribution in [2.24, 2.45) is 0 Å². The summed E-state index contributed by atoms with van der Waals surface area (Å²) in [6, 6.07) is 7.12. The Morgan fingerprint density at radius 3 is 3.22 bits per heavy atom. The summed E-state index contributed by atoms with van der Waals surface area (Å²) in [5.41, 5.74) is 1.24. The third-order valence-corrected chi connectivity index (χ3v) is 3.34. The van der Waals surface area contributed by atoms with Gasteiger partial charge in [0.1, 0.15) is 0 Å². The zero-order valence-electron chi connectivity index (χ0n) is 10.8. The lowest BCUT2D eigenvalue weighted by Gasteiger charge is -2.23. The first-order chi connectivity index (χ1) is 8.78. The van der Waals surface area contributed by atoms with Crippen molar-refractivity contribution >= 4 is 0 Å². The molecule has 0 aliphatic carbocycles. The normalized spacial score (nSPS) is 25.3. The average Bonchev–Trinajstić information content (AvgIpc) is 2.53. The molecule has 2 heterocycles. The molecule has 0 radical (unpaired) electrons. The fraction of sp³-hybridized carbons (Fsp3) is 0.571. The minimum absolute atomic E-state index is 0.282. The van der Waals surface area contributed by atoms with E-state index in [9.17, 15) is 0 Å². The van der Waals surface area contributed by atoms with E-state index in [2.05, 4.69) is 34.3 Å². The van der Waals surface area contributed by atoms with Gasteiger partial charge < -0.3 is 5.32 Å². The molecule has 0 aromatic carbocycles. The number of aromatic nitrogens is 1. The Kier molecular flexibility index (Phi) is 4.68. The highest BCUT2D eigenvalue weighted by atomic mass is 15.2. The van der Waals surface area contributed by atoms with Gasteiger partial charge in [0.25, 0.3) is 0 Å². The Bertz CT molecular complexity index is 398. The van der Waals surface area contributed by atoms with Gasteiger partial charge in [0.05, 0.1) is 12.5 Å². The molecule has 4 nitrogen and oxygen atoms in total. The van der Waals surface area contributed by atoms with Crippen LogP contribution in [0.1, 0.15) is 25.3 Å². The van der Waals surface area contributed by atoms with Crippen molar-refractivity contribution in [3.8, 4) is 6.07 Å². The van der Waals surface area contributed by atoms with Gasteiger partial charge in [-0.2, -0.15) is 5.26 Å². The number of rotatable bonds is 3. The second kappa shape index (κ2) is 6.48. The van der Waals surface area contributed by atoms with E-state index in [1.807, 2.05) is 12.3 Å². The number of pyridine rings is 1. The molecule has 1 aromatic rings. The summed E-state index contributed by atoms with van der Waals surface area (Å²) in [5.74, 6) is 0. The van der Waals surface area contributed by atoms with Crippen LogP contribution in [-0.2, 0) is 6.54 Å². The standard InChI is InChI=1S/C14H20N4/c1-12-5-8-18(11-14(17-12)4-6-15)10-13-3-2-7-16-9-13/h2-3,7,9,12,14,17H,4-5,8,10-11H2,1H3. The minimum atomic E-state index is 0.282. The number of nitriles is 1. The van der Waals surface area contributed by atoms with Crippen LogP contribution in [0.15, 0.2) is 24.5 Å². The molecule has 1 N–H and O–H groups in total. The van der Waals surface area contributed by atoms with Gasteiger partial charge in [-0.25, -0.2) is 0 Å². The van der Waals surface area contributed by atoms with Crippen LogP contribution in [0, 0.1) is 11.3 Å². The van der Waals surface area contributed by atoms with Gasteiger partial charge >= 0.3 is 0 Å². The van der Waals surface area contributed by atoms with Crippen LogP contribution in [0.5, 0.6) is 0 Å². The van der Waals surface area contributed by atoms with Crippen molar-refractivity contribution in [3.05, 3.63) is 30.1 Å². The summed E-state index contributed by atoms with van der Waals surface area (Å²) in [6.07, 6.45) is 5.42. The second-order valence-electron chi connectivity index (χ2n) is 5.01. The lowest BCUT2D eigenvalue weighted by atomic mass is 10.2. The zero-order chi connectivity index (χ0) is 12.8. The third kappa shape index (κ3) is 3.80. The summed E-state index contributed by atoms with van der Waals surface area (Å²) in [5, 5.41) is 12.4. The van der Waals surface area contributed by atoms with Crippen LogP contribution in [0.3, 0.4) is 0 Å². The molecule has 2 atom stereocenters. The van der Waals surface area contributed by atoms with Gasteiger partial charge in [0, 0.05) is 44.1 Å². The molecule has 0 spiro atoms. The molecule has 0 saturated carbocycles. The Hall–Kier alpha value is -1.44. The zero-order valence-corrected chi connectivity index (χ0v) is 10.8. The number of nitrogens with zero attached hydrogens (tertiary/aromatic N) is 3. The van der Waals surface area contributed by atoms with Gasteiger partial charge in [-0.1, -0.05) is 6.07 Å². The molecule has 2 unspecified atom stereocenters. The molecule has 1 saturated heterocycles. The lowest BCUT2D eigenvalue weighted by molar-refractivity contribution is 0.260. The average molecular weight is 244 g/mol. The molecular weight excluding hydrogens is 224 g/mol. The van der Waals surface area contributed by atoms with Gasteiger partial charge in [-0.05, 0) is 25.0 Å². The van der Waals surface area contributed by atoms with Crippen LogP contribution >= 0.6 is 0 Å². The highest BCUT2D eigenvalue weighted by Gasteiger charge is 2.21. The summed E-state index contributed by atoms with van der Waals surface area (Å²) in [6.45, 7) is 5.12. The fourth-order valence-electron chi connectivity index (χ4n) is 2.44. The first kappa shape index (κ1) is 13.0. The molecule has 4 heteroatoms. The fourth-order valence-corrected chi connectivity index (χ4v) is 2.44. The van der Waals surface area contributed by atoms with E-state index in [0.717, 1.165) is 26.1 Å². The molecule has 2 rings (SSSR count). The van der Waals surface area contributed by atoms with Crippen molar-refractivity contribution < 1.29 is 0 Å². The first-order valence-electron chi connectivity index (χ1n) is 6.52. The molecule has 0 amide bonds. The summed E-state index contributed by atoms with van der Waals surface area (Å²) < 4.78 is 0. The molecule has 96 valence electrons. The maximum absolute atomic E-state index is 8.85. The quantitative estimate of drug-likeness (QED) is 0.876. The summed E-state index contributed by atoms with van der Waals surface area (Å²) in [4.78, 5) is 6.56. The highest BCUT2D eigenvalue weighted by Crippen LogP contribution is 2.11. The predicted octanol–water partition coefficient (Wildman–Crippen LogP) is 1.55. The van der Waals surface area contributed by atoms with E-state index in [1.54, 1.807) is 6.20 Å². The molecule has 18 heavy (non-hydrogen) atoms. The lowest BCUT2D eigenvalue weighted by Crippen LogP contribution is -2.39. The van der Waals surface area contributed by atoms with Crippen LogP contribution < -0.4 is 5.32 Å². The van der Waals surface area contributed by atoms with Gasteiger partial charge in [0.2, 0.25) is 0 Å². The van der Waals surface area contributed by atoms with Crippen molar-refractivity contribution in [1.29, 1.82) is 5.26 Å². The SMILES string of the molecule is CC1CCN(Cc2cccnc2)CC(CC#N)N1. The molecule has 1 aliphatic heterocycles. The third-order valence-electron chi connectivity index (χ3n) is 3.34. The number of hydrogen-bond donors (Lipinski definition) is 1. The first-order valence-corrected chi connectivity index (χ1v) is 6.52. The summed E-state index contributed by atoms with van der Waals surface area (Å²) in [7, 11) is 0. The maximum atomic E-state index is 8.85. The van der Waals surface area contributed by atoms with Crippen LogP contribution in [0.2, 0.25) is 0 Å². The topological polar surface area (TPSA) is 52.0 Å². The van der Waals surface area contributed by atoms with Gasteiger partial charge in [0.15, 0.2) is 0 Å². The van der Waals surface area contributed by atoms with E-state index in [1.165, 1.54) is 5.56 Å². The molecule has 1 aliphatic rings. The molecule has 1 fully saturated rings. The Morgan fingerprint density at radius 1 is 1.61 bits per heavy atom. The van der Waals surface area contributed by atoms with E-state index >= 15 is 0 Å². The Morgan fingerprint density at radius 2 is 2.50 bits per heavy atom. The van der Waals surface area contributed by atoms with Crippen molar-refractivity contribution in [3.63, 3.8) is 0 Å². The minimum Gasteiger partial charge on any atom is -0.309 e. The molecule has 0 bridgehead atoms. The van der Waals surface area contributed by atoms with E-state index in [4.69, 9.17) is 5.26 Å². The predicted molar refractivity (Wildman–Crippen MR) is 70.7 cm³/mol. The van der Waals surface area contributed by atoms with E-state index in [-0.39, 0.29) is 6.04 Å². The van der Waals surface area contributed by atoms with Crippen molar-refractivity contribution in [2.75, 3.05) is 13.1 Å². The van der Waals surface area contributed by atoms with Crippen LogP contribution in [0.4, 0.5) is 0 Å². The maximum Gasteiger partial charge on any atom is 0.0638 e. The number of nitrogens with one attached hydrogen (secondary N) is 1. The van der Waals surface area contributed by atoms with Crippen LogP contribution in [-0.4, -0.2) is 35.1 Å². The van der Waals surface area contributed by atoms with Crippen molar-refractivity contribution in [2.45, 2.75) is 38.4 Å². The van der Waals surface area contributed by atoms with Gasteiger partial charge in [-0.15, -0.1) is 0 Å². The Labute approximate surface area is 109 Å². The molecular formula is C14H20N4. The van der Waals surface area contributed by atoms with Gasteiger partial charge in [-0.3, -0.25) is 9.88 Å². The van der Waals surface area contributed by atoms with E-state index in [0.29, 0.717) is 12.5 Å². The van der Waals surface area contributed by atoms with Crippen molar-refractivity contribution in [1.82, 2.24) is 15.2 Å². The smallest absolute Gasteiger partial charge is 0.0638 e. The largest absolute Gasteiger partial charge is 0.309 e. The second-order valence-corrected chi connectivity index (χ2v) is 5.01. The van der Waals surface area contributed by atoms with Crippen LogP contribution in [0.25, 0.3) is 0 Å². The monoisotopic (exact) mass is 244 g/mol. The Balaban J connectivity index is 1.97. The number of hydrogen-bond acceptors (Lipinski definition) is 4. The highest BCUT2D eigenvalue weighted by molar-refractivity contribution is 5.08. The van der Waals surface area contributed by atoms with E-state index < -0.39 is 0 Å².